The van der Waals surface area contributed by atoms with E-state index in [0.29, 0.717) is 10.2 Å². The Morgan fingerprint density at radius 2 is 1.88 bits per heavy atom. The molecule has 8 heavy (non-hydrogen) atoms. The zero-order valence-electron chi connectivity index (χ0n) is 5.74. The molecule has 48 valence electrons. The molecule has 0 saturated heterocycles. The Balaban J connectivity index is 3.80. The fourth-order valence-corrected chi connectivity index (χ4v) is 0.354. The fourth-order valence-electron chi connectivity index (χ4n) is 0.354. The van der Waals surface area contributed by atoms with Crippen molar-refractivity contribution in [3.05, 3.63) is 12.7 Å². The van der Waals surface area contributed by atoms with Crippen LogP contribution in [-0.4, -0.2) is 4.83 Å². The van der Waals surface area contributed by atoms with Crippen LogP contribution in [0.3, 0.4) is 0 Å². The Labute approximate surface area is 60.1 Å². The summed E-state index contributed by atoms with van der Waals surface area (Å²) in [5.74, 6) is 0. The van der Waals surface area contributed by atoms with E-state index in [1.54, 1.807) is 0 Å². The maximum absolute atomic E-state index is 3.68. The highest BCUT2D eigenvalue weighted by atomic mass is 79.9. The molecule has 0 bridgehead atoms. The molecule has 0 amide bonds. The summed E-state index contributed by atoms with van der Waals surface area (Å²) < 4.78 is 0. The molecule has 1 heteroatoms. The lowest BCUT2D eigenvalue weighted by atomic mass is 9.92. The van der Waals surface area contributed by atoms with E-state index in [1.807, 2.05) is 6.08 Å². The van der Waals surface area contributed by atoms with Gasteiger partial charge in [0.2, 0.25) is 0 Å². The predicted molar refractivity (Wildman–Crippen MR) is 42.4 cm³/mol. The highest BCUT2D eigenvalue weighted by Gasteiger charge is 2.17. The lowest BCUT2D eigenvalue weighted by Gasteiger charge is -2.21. The van der Waals surface area contributed by atoms with Gasteiger partial charge >= 0.3 is 0 Å². The summed E-state index contributed by atoms with van der Waals surface area (Å²) in [7, 11) is 0. The van der Waals surface area contributed by atoms with Crippen molar-refractivity contribution < 1.29 is 0 Å². The van der Waals surface area contributed by atoms with E-state index in [4.69, 9.17) is 0 Å². The molecule has 0 N–H and O–H groups in total. The SMILES string of the molecule is C=CC(Br)C(C)(C)C. The summed E-state index contributed by atoms with van der Waals surface area (Å²) in [5.41, 5.74) is 0.307. The molecule has 0 aliphatic heterocycles. The third kappa shape index (κ3) is 2.51. The van der Waals surface area contributed by atoms with E-state index in [-0.39, 0.29) is 0 Å². The highest BCUT2D eigenvalue weighted by molar-refractivity contribution is 9.09. The van der Waals surface area contributed by atoms with Crippen LogP contribution in [0.2, 0.25) is 0 Å². The van der Waals surface area contributed by atoms with Crippen molar-refractivity contribution >= 4 is 15.9 Å². The smallest absolute Gasteiger partial charge is 0.0371 e. The second kappa shape index (κ2) is 2.67. The van der Waals surface area contributed by atoms with Crippen LogP contribution < -0.4 is 0 Å². The molecule has 0 rings (SSSR count). The summed E-state index contributed by atoms with van der Waals surface area (Å²) in [6.07, 6.45) is 1.92. The van der Waals surface area contributed by atoms with Crippen molar-refractivity contribution in [2.45, 2.75) is 25.6 Å². The molecule has 0 aliphatic rings. The van der Waals surface area contributed by atoms with Crippen molar-refractivity contribution in [1.82, 2.24) is 0 Å². The van der Waals surface area contributed by atoms with Crippen molar-refractivity contribution in [2.24, 2.45) is 5.41 Å². The molecule has 0 spiro atoms. The Hall–Kier alpha value is 0.220. The Kier molecular flexibility index (Phi) is 2.75. The van der Waals surface area contributed by atoms with Crippen molar-refractivity contribution in [1.29, 1.82) is 0 Å². The first-order chi connectivity index (χ1) is 3.48. The van der Waals surface area contributed by atoms with Gasteiger partial charge in [0.05, 0.1) is 0 Å². The van der Waals surface area contributed by atoms with Gasteiger partial charge in [-0.15, -0.1) is 6.58 Å². The number of alkyl halides is 1. The predicted octanol–water partition coefficient (Wildman–Crippen LogP) is 2.98. The average Bonchev–Trinajstić information content (AvgIpc) is 1.62. The normalized spacial score (nSPS) is 15.5. The van der Waals surface area contributed by atoms with E-state index in [0.717, 1.165) is 0 Å². The summed E-state index contributed by atoms with van der Waals surface area (Å²) in [4.78, 5) is 0.426. The molecule has 0 aliphatic carbocycles. The zero-order valence-corrected chi connectivity index (χ0v) is 7.33. The van der Waals surface area contributed by atoms with E-state index >= 15 is 0 Å². The lowest BCUT2D eigenvalue weighted by molar-refractivity contribution is 0.438. The molecule has 0 heterocycles. The van der Waals surface area contributed by atoms with E-state index in [9.17, 15) is 0 Å². The van der Waals surface area contributed by atoms with Crippen LogP contribution in [-0.2, 0) is 0 Å². The van der Waals surface area contributed by atoms with Crippen LogP contribution in [0, 0.1) is 5.41 Å². The molecule has 0 nitrogen and oxygen atoms in total. The summed E-state index contributed by atoms with van der Waals surface area (Å²) in [6, 6.07) is 0. The van der Waals surface area contributed by atoms with Gasteiger partial charge < -0.3 is 0 Å². The summed E-state index contributed by atoms with van der Waals surface area (Å²) >= 11 is 3.48. The van der Waals surface area contributed by atoms with Crippen LogP contribution in [0.5, 0.6) is 0 Å². The van der Waals surface area contributed by atoms with Gasteiger partial charge in [-0.25, -0.2) is 0 Å². The molecule has 1 atom stereocenters. The van der Waals surface area contributed by atoms with Gasteiger partial charge in [-0.3, -0.25) is 0 Å². The maximum Gasteiger partial charge on any atom is 0.0371 e. The Bertz CT molecular complexity index is 78.9. The number of hydrogen-bond acceptors (Lipinski definition) is 0. The standard InChI is InChI=1S/C7H13Br/c1-5-6(8)7(2,3)4/h5-6H,1H2,2-4H3. The van der Waals surface area contributed by atoms with Gasteiger partial charge in [0, 0.05) is 4.83 Å². The topological polar surface area (TPSA) is 0 Å². The van der Waals surface area contributed by atoms with E-state index < -0.39 is 0 Å². The third-order valence-corrected chi connectivity index (χ3v) is 2.78. The van der Waals surface area contributed by atoms with Gasteiger partial charge in [0.1, 0.15) is 0 Å². The molecular weight excluding hydrogens is 164 g/mol. The van der Waals surface area contributed by atoms with Crippen LogP contribution in [0.1, 0.15) is 20.8 Å². The third-order valence-electron chi connectivity index (χ3n) is 1.03. The van der Waals surface area contributed by atoms with Gasteiger partial charge in [-0.05, 0) is 5.41 Å². The van der Waals surface area contributed by atoms with Gasteiger partial charge in [0.25, 0.3) is 0 Å². The van der Waals surface area contributed by atoms with Crippen LogP contribution in [0.15, 0.2) is 12.7 Å². The van der Waals surface area contributed by atoms with Gasteiger partial charge in [0.15, 0.2) is 0 Å². The fraction of sp³-hybridized carbons (Fsp3) is 0.714. The van der Waals surface area contributed by atoms with Gasteiger partial charge in [-0.1, -0.05) is 42.8 Å². The number of halogens is 1. The first-order valence-electron chi connectivity index (χ1n) is 2.75. The minimum Gasteiger partial charge on any atom is -0.102 e. The lowest BCUT2D eigenvalue weighted by Crippen LogP contribution is -2.16. The molecule has 0 aromatic carbocycles. The minimum atomic E-state index is 0.307. The molecule has 0 radical (unpaired) electrons. The average molecular weight is 177 g/mol. The van der Waals surface area contributed by atoms with Crippen molar-refractivity contribution in [2.75, 3.05) is 0 Å². The van der Waals surface area contributed by atoms with Crippen molar-refractivity contribution in [3.8, 4) is 0 Å². The molecule has 1 unspecified atom stereocenters. The van der Waals surface area contributed by atoms with E-state index in [2.05, 4.69) is 43.3 Å². The van der Waals surface area contributed by atoms with Crippen molar-refractivity contribution in [3.63, 3.8) is 0 Å². The second-order valence-electron chi connectivity index (χ2n) is 3.00. The molecule has 0 fully saturated rings. The van der Waals surface area contributed by atoms with Crippen LogP contribution >= 0.6 is 15.9 Å². The number of rotatable bonds is 1. The van der Waals surface area contributed by atoms with Crippen LogP contribution in [0.25, 0.3) is 0 Å². The Morgan fingerprint density at radius 1 is 1.50 bits per heavy atom. The highest BCUT2D eigenvalue weighted by Crippen LogP contribution is 2.26. The quantitative estimate of drug-likeness (QED) is 0.426. The van der Waals surface area contributed by atoms with Crippen LogP contribution in [0.4, 0.5) is 0 Å². The molecule has 0 aromatic rings. The molecular formula is C7H13Br. The van der Waals surface area contributed by atoms with Gasteiger partial charge in [-0.2, -0.15) is 0 Å². The van der Waals surface area contributed by atoms with E-state index in [1.165, 1.54) is 0 Å². The first kappa shape index (κ1) is 8.22. The molecule has 0 saturated carbocycles. The summed E-state index contributed by atoms with van der Waals surface area (Å²) in [5, 5.41) is 0. The zero-order chi connectivity index (χ0) is 6.78. The number of hydrogen-bond donors (Lipinski definition) is 0. The second-order valence-corrected chi connectivity index (χ2v) is 3.99. The first-order valence-corrected chi connectivity index (χ1v) is 3.66. The number of allylic oxidation sites excluding steroid dienone is 1. The largest absolute Gasteiger partial charge is 0.102 e. The maximum atomic E-state index is 3.68. The minimum absolute atomic E-state index is 0.307. The monoisotopic (exact) mass is 176 g/mol. The summed E-state index contributed by atoms with van der Waals surface area (Å²) in [6.45, 7) is 10.2. The Morgan fingerprint density at radius 3 is 1.88 bits per heavy atom. The molecule has 0 aromatic heterocycles.